The molecule has 2 N–H and O–H groups in total. The molecule has 0 spiro atoms. The molecule has 1 heterocycles. The highest BCUT2D eigenvalue weighted by molar-refractivity contribution is 6.33. The molecule has 0 bridgehead atoms. The number of benzene rings is 3. The van der Waals surface area contributed by atoms with Gasteiger partial charge in [-0.1, -0.05) is 65.3 Å². The van der Waals surface area contributed by atoms with Gasteiger partial charge in [-0.05, 0) is 67.5 Å². The van der Waals surface area contributed by atoms with Crippen LogP contribution >= 0.6 is 11.6 Å². The van der Waals surface area contributed by atoms with Gasteiger partial charge < -0.3 is 15.2 Å². The minimum absolute atomic E-state index is 0.0416. The Bertz CT molecular complexity index is 1430. The number of aromatic nitrogens is 1. The number of nitrogens with one attached hydrogen (secondary N) is 2. The molecule has 1 saturated carbocycles. The third-order valence-electron chi connectivity index (χ3n) is 6.97. The quantitative estimate of drug-likeness (QED) is 0.287. The van der Waals surface area contributed by atoms with Gasteiger partial charge in [-0.15, -0.1) is 0 Å². The highest BCUT2D eigenvalue weighted by atomic mass is 35.5. The summed E-state index contributed by atoms with van der Waals surface area (Å²) in [4.78, 5) is 25.8. The zero-order valence-corrected chi connectivity index (χ0v) is 21.6. The van der Waals surface area contributed by atoms with Crippen LogP contribution in [0.5, 0.6) is 0 Å². The van der Waals surface area contributed by atoms with Gasteiger partial charge in [0.25, 0.3) is 11.8 Å². The molecule has 0 unspecified atom stereocenters. The molecule has 0 radical (unpaired) electrons. The summed E-state index contributed by atoms with van der Waals surface area (Å²) in [5.74, 6) is -0.560. The monoisotopic (exact) mass is 531 g/mol. The average molecular weight is 532 g/mol. The third-order valence-corrected chi connectivity index (χ3v) is 7.29. The molecule has 2 atom stereocenters. The maximum Gasteiger partial charge on any atom is 0.257 e. The van der Waals surface area contributed by atoms with E-state index in [0.29, 0.717) is 12.1 Å². The lowest BCUT2D eigenvalue weighted by molar-refractivity contribution is 0.0926. The van der Waals surface area contributed by atoms with Crippen molar-refractivity contribution in [2.24, 2.45) is 5.92 Å². The van der Waals surface area contributed by atoms with E-state index in [1.807, 2.05) is 54.6 Å². The van der Waals surface area contributed by atoms with Crippen molar-refractivity contribution < 1.29 is 18.5 Å². The standard InChI is InChI=1S/C30H27ClFN3O3/c1-18-26(28(35-38-18)27-24(31)8-5-9-25(27)32)30(37)34-23-15-10-19(16-23)17-33-29(36)22-13-11-21(12-14-22)20-6-3-2-4-7-20/h2-9,11-14,19,23H,10,15-17H2,1H3,(H,33,36)(H,34,37)/t19-,23+/m1/s1. The molecule has 1 aliphatic carbocycles. The normalized spacial score (nSPS) is 16.8. The number of hydrogen-bond acceptors (Lipinski definition) is 4. The van der Waals surface area contributed by atoms with Crippen LogP contribution in [0.1, 0.15) is 45.7 Å². The number of carbonyl (C=O) groups is 2. The predicted octanol–water partition coefficient (Wildman–Crippen LogP) is 6.44. The van der Waals surface area contributed by atoms with Crippen molar-refractivity contribution in [2.45, 2.75) is 32.2 Å². The second-order valence-electron chi connectivity index (χ2n) is 9.56. The number of carbonyl (C=O) groups excluding carboxylic acids is 2. The van der Waals surface area contributed by atoms with Crippen molar-refractivity contribution in [2.75, 3.05) is 6.54 Å². The highest BCUT2D eigenvalue weighted by Gasteiger charge is 2.30. The van der Waals surface area contributed by atoms with Crippen LogP contribution in [0.4, 0.5) is 4.39 Å². The topological polar surface area (TPSA) is 84.2 Å². The first-order valence-corrected chi connectivity index (χ1v) is 12.9. The van der Waals surface area contributed by atoms with E-state index in [1.165, 1.54) is 12.1 Å². The SMILES string of the molecule is Cc1onc(-c2c(F)cccc2Cl)c1C(=O)N[C@H]1CC[C@@H](CNC(=O)c2ccc(-c3ccccc3)cc2)C1. The van der Waals surface area contributed by atoms with E-state index in [4.69, 9.17) is 16.1 Å². The Labute approximate surface area is 225 Å². The maximum absolute atomic E-state index is 14.5. The smallest absolute Gasteiger partial charge is 0.257 e. The van der Waals surface area contributed by atoms with Crippen LogP contribution in [0.3, 0.4) is 0 Å². The van der Waals surface area contributed by atoms with Crippen LogP contribution < -0.4 is 10.6 Å². The summed E-state index contributed by atoms with van der Waals surface area (Å²) in [6, 6.07) is 21.8. The first-order chi connectivity index (χ1) is 18.4. The molecule has 8 heteroatoms. The van der Waals surface area contributed by atoms with Crippen molar-refractivity contribution in [3.05, 3.63) is 101 Å². The zero-order chi connectivity index (χ0) is 26.6. The average Bonchev–Trinajstić information content (AvgIpc) is 3.54. The fourth-order valence-corrected chi connectivity index (χ4v) is 5.22. The molecule has 3 aromatic carbocycles. The summed E-state index contributed by atoms with van der Waals surface area (Å²) in [5, 5.41) is 10.1. The van der Waals surface area contributed by atoms with E-state index in [9.17, 15) is 14.0 Å². The van der Waals surface area contributed by atoms with E-state index >= 15 is 0 Å². The fraction of sp³-hybridized carbons (Fsp3) is 0.233. The lowest BCUT2D eigenvalue weighted by atomic mass is 10.0. The van der Waals surface area contributed by atoms with Gasteiger partial charge in [-0.2, -0.15) is 0 Å². The van der Waals surface area contributed by atoms with E-state index in [0.717, 1.165) is 30.4 Å². The number of halogens is 2. The Morgan fingerprint density at radius 1 is 0.974 bits per heavy atom. The van der Waals surface area contributed by atoms with Gasteiger partial charge in [-0.25, -0.2) is 4.39 Å². The van der Waals surface area contributed by atoms with Gasteiger partial charge in [0, 0.05) is 18.2 Å². The molecule has 1 fully saturated rings. The second kappa shape index (κ2) is 11.2. The zero-order valence-electron chi connectivity index (χ0n) is 20.8. The molecule has 0 aliphatic heterocycles. The van der Waals surface area contributed by atoms with Gasteiger partial charge in [-0.3, -0.25) is 9.59 Å². The molecule has 194 valence electrons. The third kappa shape index (κ3) is 5.48. The first kappa shape index (κ1) is 25.7. The van der Waals surface area contributed by atoms with Gasteiger partial charge in [0.1, 0.15) is 22.8 Å². The Morgan fingerprint density at radius 3 is 2.45 bits per heavy atom. The Balaban J connectivity index is 1.16. The summed E-state index contributed by atoms with van der Waals surface area (Å²) < 4.78 is 19.7. The number of nitrogens with zero attached hydrogens (tertiary/aromatic N) is 1. The van der Waals surface area contributed by atoms with Crippen LogP contribution in [-0.4, -0.2) is 29.6 Å². The molecule has 6 nitrogen and oxygen atoms in total. The van der Waals surface area contributed by atoms with Crippen LogP contribution in [-0.2, 0) is 0 Å². The minimum atomic E-state index is -0.578. The van der Waals surface area contributed by atoms with Gasteiger partial charge in [0.05, 0.1) is 10.6 Å². The van der Waals surface area contributed by atoms with Gasteiger partial charge in [0.2, 0.25) is 0 Å². The largest absolute Gasteiger partial charge is 0.360 e. The molecule has 38 heavy (non-hydrogen) atoms. The Morgan fingerprint density at radius 2 is 1.71 bits per heavy atom. The van der Waals surface area contributed by atoms with Crippen molar-refractivity contribution >= 4 is 23.4 Å². The van der Waals surface area contributed by atoms with Crippen LogP contribution in [0.25, 0.3) is 22.4 Å². The van der Waals surface area contributed by atoms with Crippen molar-refractivity contribution in [3.8, 4) is 22.4 Å². The van der Waals surface area contributed by atoms with Gasteiger partial charge >= 0.3 is 0 Å². The van der Waals surface area contributed by atoms with Crippen molar-refractivity contribution in [3.63, 3.8) is 0 Å². The number of aryl methyl sites for hydroxylation is 1. The molecular formula is C30H27ClFN3O3. The molecule has 1 aromatic heterocycles. The van der Waals surface area contributed by atoms with Crippen LogP contribution in [0.15, 0.2) is 77.3 Å². The minimum Gasteiger partial charge on any atom is -0.360 e. The summed E-state index contributed by atoms with van der Waals surface area (Å²) >= 11 is 6.19. The summed E-state index contributed by atoms with van der Waals surface area (Å²) in [6.07, 6.45) is 2.37. The molecule has 5 rings (SSSR count). The first-order valence-electron chi connectivity index (χ1n) is 12.6. The van der Waals surface area contributed by atoms with Crippen molar-refractivity contribution in [1.82, 2.24) is 15.8 Å². The van der Waals surface area contributed by atoms with Crippen LogP contribution in [0, 0.1) is 18.7 Å². The summed E-state index contributed by atoms with van der Waals surface area (Å²) in [6.45, 7) is 2.13. The maximum atomic E-state index is 14.5. The number of hydrogen-bond donors (Lipinski definition) is 2. The van der Waals surface area contributed by atoms with E-state index < -0.39 is 5.82 Å². The summed E-state index contributed by atoms with van der Waals surface area (Å²) in [5.41, 5.74) is 3.06. The molecule has 4 aromatic rings. The Kier molecular flexibility index (Phi) is 7.56. The van der Waals surface area contributed by atoms with E-state index in [1.54, 1.807) is 13.0 Å². The number of rotatable bonds is 7. The van der Waals surface area contributed by atoms with Crippen molar-refractivity contribution in [1.29, 1.82) is 0 Å². The van der Waals surface area contributed by atoms with Crippen LogP contribution in [0.2, 0.25) is 5.02 Å². The highest BCUT2D eigenvalue weighted by Crippen LogP contribution is 2.34. The molecule has 0 saturated heterocycles. The van der Waals surface area contributed by atoms with E-state index in [-0.39, 0.29) is 51.4 Å². The lowest BCUT2D eigenvalue weighted by Crippen LogP contribution is -2.34. The predicted molar refractivity (Wildman–Crippen MR) is 144 cm³/mol. The van der Waals surface area contributed by atoms with Gasteiger partial charge in [0.15, 0.2) is 0 Å². The lowest BCUT2D eigenvalue weighted by Gasteiger charge is -2.15. The molecule has 1 aliphatic rings. The van der Waals surface area contributed by atoms with E-state index in [2.05, 4.69) is 15.8 Å². The molecule has 2 amide bonds. The second-order valence-corrected chi connectivity index (χ2v) is 9.97. The summed E-state index contributed by atoms with van der Waals surface area (Å²) in [7, 11) is 0. The fourth-order valence-electron chi connectivity index (χ4n) is 4.97. The molecular weight excluding hydrogens is 505 g/mol. The number of amides is 2. The Hall–Kier alpha value is -3.97.